The number of methoxy groups -OCH3 is 1. The SMILES string of the molecule is CCCC(CNc1nc(Cc2ccc(Cl)cc2)ns1)NC(=O)c1ccc(OC)cc1. The number of aromatic nitrogens is 2. The Morgan fingerprint density at radius 2 is 1.90 bits per heavy atom. The highest BCUT2D eigenvalue weighted by Crippen LogP contribution is 2.17. The molecule has 0 radical (unpaired) electrons. The van der Waals surface area contributed by atoms with Crippen molar-refractivity contribution < 1.29 is 9.53 Å². The van der Waals surface area contributed by atoms with Gasteiger partial charge < -0.3 is 15.4 Å². The summed E-state index contributed by atoms with van der Waals surface area (Å²) in [4.78, 5) is 17.1. The summed E-state index contributed by atoms with van der Waals surface area (Å²) in [6, 6.07) is 14.8. The van der Waals surface area contributed by atoms with Crippen molar-refractivity contribution in [3.63, 3.8) is 0 Å². The molecule has 8 heteroatoms. The molecule has 2 N–H and O–H groups in total. The molecule has 3 rings (SSSR count). The van der Waals surface area contributed by atoms with Crippen molar-refractivity contribution in [3.05, 3.63) is 70.5 Å². The van der Waals surface area contributed by atoms with Gasteiger partial charge in [0.25, 0.3) is 5.91 Å². The van der Waals surface area contributed by atoms with Crippen LogP contribution in [0.3, 0.4) is 0 Å². The van der Waals surface area contributed by atoms with E-state index in [1.807, 2.05) is 24.3 Å². The fourth-order valence-corrected chi connectivity index (χ4v) is 3.70. The number of amides is 1. The van der Waals surface area contributed by atoms with Crippen LogP contribution in [-0.2, 0) is 6.42 Å². The zero-order chi connectivity index (χ0) is 21.3. The zero-order valence-corrected chi connectivity index (χ0v) is 18.6. The fraction of sp³-hybridized carbons (Fsp3) is 0.318. The number of carbonyl (C=O) groups excluding carboxylic acids is 1. The van der Waals surface area contributed by atoms with Gasteiger partial charge >= 0.3 is 0 Å². The normalized spacial score (nSPS) is 11.7. The lowest BCUT2D eigenvalue weighted by Gasteiger charge is -2.18. The first-order valence-corrected chi connectivity index (χ1v) is 11.0. The smallest absolute Gasteiger partial charge is 0.251 e. The molecule has 1 atom stereocenters. The maximum atomic E-state index is 12.6. The molecule has 0 spiro atoms. The summed E-state index contributed by atoms with van der Waals surface area (Å²) in [7, 11) is 1.60. The van der Waals surface area contributed by atoms with Gasteiger partial charge in [-0.15, -0.1) is 0 Å². The van der Waals surface area contributed by atoms with Crippen LogP contribution in [0.1, 0.15) is 41.5 Å². The number of hydrogen-bond donors (Lipinski definition) is 2. The number of hydrogen-bond acceptors (Lipinski definition) is 6. The molecule has 0 saturated carbocycles. The molecule has 3 aromatic rings. The van der Waals surface area contributed by atoms with Crippen LogP contribution in [0.4, 0.5) is 5.13 Å². The van der Waals surface area contributed by atoms with Gasteiger partial charge in [-0.1, -0.05) is 37.1 Å². The second-order valence-electron chi connectivity index (χ2n) is 6.89. The lowest BCUT2D eigenvalue weighted by atomic mass is 10.1. The van der Waals surface area contributed by atoms with Crippen molar-refractivity contribution in [1.29, 1.82) is 0 Å². The van der Waals surface area contributed by atoms with Crippen LogP contribution >= 0.6 is 23.1 Å². The van der Waals surface area contributed by atoms with Gasteiger partial charge in [0.05, 0.1) is 7.11 Å². The van der Waals surface area contributed by atoms with Gasteiger partial charge in [0.2, 0.25) is 5.13 Å². The highest BCUT2D eigenvalue weighted by molar-refractivity contribution is 7.09. The monoisotopic (exact) mass is 444 g/mol. The molecule has 1 amide bonds. The molecule has 158 valence electrons. The first-order valence-electron chi connectivity index (χ1n) is 9.83. The lowest BCUT2D eigenvalue weighted by molar-refractivity contribution is 0.0937. The molecule has 0 saturated heterocycles. The number of halogens is 1. The van der Waals surface area contributed by atoms with Crippen LogP contribution in [0.2, 0.25) is 5.02 Å². The lowest BCUT2D eigenvalue weighted by Crippen LogP contribution is -2.39. The average Bonchev–Trinajstić information content (AvgIpc) is 3.21. The molecule has 6 nitrogen and oxygen atoms in total. The summed E-state index contributed by atoms with van der Waals surface area (Å²) in [6.45, 7) is 2.69. The van der Waals surface area contributed by atoms with E-state index in [1.165, 1.54) is 11.5 Å². The van der Waals surface area contributed by atoms with Gasteiger partial charge in [-0.2, -0.15) is 4.37 Å². The van der Waals surface area contributed by atoms with Gasteiger partial charge in [0.15, 0.2) is 0 Å². The number of nitrogens with one attached hydrogen (secondary N) is 2. The van der Waals surface area contributed by atoms with E-state index in [9.17, 15) is 4.79 Å². The van der Waals surface area contributed by atoms with Gasteiger partial charge in [0.1, 0.15) is 11.6 Å². The number of benzene rings is 2. The molecule has 0 bridgehead atoms. The maximum absolute atomic E-state index is 12.6. The summed E-state index contributed by atoms with van der Waals surface area (Å²) in [5.74, 6) is 1.39. The molecule has 1 aromatic heterocycles. The second kappa shape index (κ2) is 10.9. The molecule has 0 fully saturated rings. The standard InChI is InChI=1S/C22H25ClN4O2S/c1-3-4-18(25-21(28)16-7-11-19(29-2)12-8-16)14-24-22-26-20(27-30-22)13-15-5-9-17(23)10-6-15/h5-12,18H,3-4,13-14H2,1-2H3,(H,25,28)(H,24,26,27). The summed E-state index contributed by atoms with van der Waals surface area (Å²) < 4.78 is 9.56. The van der Waals surface area contributed by atoms with Crippen LogP contribution in [-0.4, -0.2) is 35.0 Å². The van der Waals surface area contributed by atoms with E-state index in [0.29, 0.717) is 23.6 Å². The molecule has 0 aliphatic rings. The Bertz CT molecular complexity index is 945. The predicted octanol–water partition coefficient (Wildman–Crippen LogP) is 4.80. The molecule has 30 heavy (non-hydrogen) atoms. The minimum atomic E-state index is -0.0985. The Hall–Kier alpha value is -2.64. The molecule has 1 heterocycles. The van der Waals surface area contributed by atoms with E-state index in [-0.39, 0.29) is 11.9 Å². The third kappa shape index (κ3) is 6.43. The number of anilines is 1. The zero-order valence-electron chi connectivity index (χ0n) is 17.0. The largest absolute Gasteiger partial charge is 0.497 e. The summed E-state index contributed by atoms with van der Waals surface area (Å²) in [6.07, 6.45) is 2.49. The predicted molar refractivity (Wildman–Crippen MR) is 122 cm³/mol. The van der Waals surface area contributed by atoms with Crippen molar-refractivity contribution in [2.24, 2.45) is 0 Å². The van der Waals surface area contributed by atoms with E-state index in [1.54, 1.807) is 31.4 Å². The minimum Gasteiger partial charge on any atom is -0.497 e. The minimum absolute atomic E-state index is 0.00628. The van der Waals surface area contributed by atoms with Crippen molar-refractivity contribution in [3.8, 4) is 5.75 Å². The van der Waals surface area contributed by atoms with Crippen LogP contribution in [0.5, 0.6) is 5.75 Å². The Balaban J connectivity index is 1.54. The number of rotatable bonds is 10. The maximum Gasteiger partial charge on any atom is 0.251 e. The third-order valence-electron chi connectivity index (χ3n) is 4.57. The first-order chi connectivity index (χ1) is 14.6. The number of carbonyl (C=O) groups is 1. The van der Waals surface area contributed by atoms with Gasteiger partial charge in [-0.05, 0) is 48.4 Å². The second-order valence-corrected chi connectivity index (χ2v) is 8.08. The van der Waals surface area contributed by atoms with E-state index >= 15 is 0 Å². The average molecular weight is 445 g/mol. The van der Waals surface area contributed by atoms with E-state index in [2.05, 4.69) is 26.9 Å². The van der Waals surface area contributed by atoms with E-state index < -0.39 is 0 Å². The number of nitrogens with zero attached hydrogens (tertiary/aromatic N) is 2. The summed E-state index contributed by atoms with van der Waals surface area (Å²) in [5, 5.41) is 7.87. The Kier molecular flexibility index (Phi) is 8.04. The van der Waals surface area contributed by atoms with Crippen LogP contribution in [0.25, 0.3) is 0 Å². The molecule has 2 aromatic carbocycles. The van der Waals surface area contributed by atoms with Crippen molar-refractivity contribution in [2.45, 2.75) is 32.2 Å². The summed E-state index contributed by atoms with van der Waals surface area (Å²) in [5.41, 5.74) is 1.72. The highest BCUT2D eigenvalue weighted by atomic mass is 35.5. The van der Waals surface area contributed by atoms with Crippen LogP contribution in [0.15, 0.2) is 48.5 Å². The van der Waals surface area contributed by atoms with Crippen molar-refractivity contribution in [2.75, 3.05) is 19.0 Å². The number of ether oxygens (including phenoxy) is 1. The van der Waals surface area contributed by atoms with Crippen molar-refractivity contribution in [1.82, 2.24) is 14.7 Å². The molecule has 1 unspecified atom stereocenters. The Morgan fingerprint density at radius 1 is 1.17 bits per heavy atom. The third-order valence-corrected chi connectivity index (χ3v) is 5.53. The van der Waals surface area contributed by atoms with Crippen molar-refractivity contribution >= 4 is 34.2 Å². The quantitative estimate of drug-likeness (QED) is 0.469. The molecule has 0 aliphatic heterocycles. The Labute approximate surface area is 185 Å². The fourth-order valence-electron chi connectivity index (χ4n) is 2.98. The van der Waals surface area contributed by atoms with Crippen LogP contribution < -0.4 is 15.4 Å². The molecule has 0 aliphatic carbocycles. The highest BCUT2D eigenvalue weighted by Gasteiger charge is 2.14. The first kappa shape index (κ1) is 22.1. The molecular weight excluding hydrogens is 420 g/mol. The van der Waals surface area contributed by atoms with Crippen LogP contribution in [0, 0.1) is 0 Å². The van der Waals surface area contributed by atoms with Gasteiger partial charge in [-0.3, -0.25) is 4.79 Å². The van der Waals surface area contributed by atoms with Gasteiger partial charge in [-0.25, -0.2) is 4.98 Å². The van der Waals surface area contributed by atoms with Gasteiger partial charge in [0, 0.05) is 41.1 Å². The molecular formula is C22H25ClN4O2S. The van der Waals surface area contributed by atoms with E-state index in [0.717, 1.165) is 35.1 Å². The van der Waals surface area contributed by atoms with E-state index in [4.69, 9.17) is 16.3 Å². The Morgan fingerprint density at radius 3 is 2.57 bits per heavy atom. The topological polar surface area (TPSA) is 76.1 Å². The summed E-state index contributed by atoms with van der Waals surface area (Å²) >= 11 is 7.26.